The molecule has 0 atom stereocenters. The Morgan fingerprint density at radius 1 is 1.47 bits per heavy atom. The van der Waals surface area contributed by atoms with Crippen LogP contribution in [0.1, 0.15) is 5.56 Å². The summed E-state index contributed by atoms with van der Waals surface area (Å²) in [6.45, 7) is 0.488. The van der Waals surface area contributed by atoms with Gasteiger partial charge in [-0.25, -0.2) is 4.68 Å². The lowest BCUT2D eigenvalue weighted by atomic mass is 10.2. The minimum Gasteiger partial charge on any atom is -0.258 e. The van der Waals surface area contributed by atoms with Gasteiger partial charge in [-0.05, 0) is 5.56 Å². The molecule has 6 nitrogen and oxygen atoms in total. The van der Waals surface area contributed by atoms with E-state index in [1.165, 1.54) is 12.1 Å². The molecule has 1 aromatic carbocycles. The molecule has 2 rings (SSSR count). The third-order valence-corrected chi connectivity index (χ3v) is 1.94. The van der Waals surface area contributed by atoms with Gasteiger partial charge >= 0.3 is 0 Å². The van der Waals surface area contributed by atoms with E-state index in [9.17, 15) is 10.1 Å². The van der Waals surface area contributed by atoms with Crippen molar-refractivity contribution in [3.8, 4) is 0 Å². The van der Waals surface area contributed by atoms with Gasteiger partial charge in [0.1, 0.15) is 0 Å². The van der Waals surface area contributed by atoms with E-state index in [1.54, 1.807) is 23.1 Å². The van der Waals surface area contributed by atoms with E-state index in [-0.39, 0.29) is 5.69 Å². The molecule has 1 heterocycles. The van der Waals surface area contributed by atoms with Crippen LogP contribution in [-0.2, 0) is 6.54 Å². The molecule has 1 aromatic heterocycles. The monoisotopic (exact) mass is 204 g/mol. The first-order valence-corrected chi connectivity index (χ1v) is 4.33. The van der Waals surface area contributed by atoms with Crippen molar-refractivity contribution in [3.63, 3.8) is 0 Å². The van der Waals surface area contributed by atoms with Gasteiger partial charge in [-0.2, -0.15) is 0 Å². The SMILES string of the molecule is O=[N+]([O-])c1cccc(Cn2ccnn2)c1. The molecule has 0 radical (unpaired) electrons. The number of rotatable bonds is 3. The van der Waals surface area contributed by atoms with E-state index in [0.717, 1.165) is 5.56 Å². The summed E-state index contributed by atoms with van der Waals surface area (Å²) in [6, 6.07) is 6.46. The van der Waals surface area contributed by atoms with Crippen LogP contribution in [0.25, 0.3) is 0 Å². The van der Waals surface area contributed by atoms with E-state index < -0.39 is 4.92 Å². The average Bonchev–Trinajstić information content (AvgIpc) is 2.71. The third kappa shape index (κ3) is 2.16. The third-order valence-electron chi connectivity index (χ3n) is 1.94. The number of non-ortho nitro benzene ring substituents is 1. The Morgan fingerprint density at radius 2 is 2.33 bits per heavy atom. The fourth-order valence-electron chi connectivity index (χ4n) is 1.27. The molecule has 2 aromatic rings. The predicted molar refractivity (Wildman–Crippen MR) is 52.2 cm³/mol. The largest absolute Gasteiger partial charge is 0.269 e. The van der Waals surface area contributed by atoms with E-state index in [2.05, 4.69) is 10.3 Å². The Hall–Kier alpha value is -2.24. The highest BCUT2D eigenvalue weighted by molar-refractivity contribution is 5.34. The summed E-state index contributed by atoms with van der Waals surface area (Å²) in [5.74, 6) is 0. The quantitative estimate of drug-likeness (QED) is 0.556. The molecular weight excluding hydrogens is 196 g/mol. The van der Waals surface area contributed by atoms with Gasteiger partial charge in [0.15, 0.2) is 0 Å². The first kappa shape index (κ1) is 9.32. The van der Waals surface area contributed by atoms with Gasteiger partial charge in [0.2, 0.25) is 0 Å². The lowest BCUT2D eigenvalue weighted by molar-refractivity contribution is -0.384. The van der Waals surface area contributed by atoms with E-state index >= 15 is 0 Å². The molecule has 0 aliphatic rings. The first-order valence-electron chi connectivity index (χ1n) is 4.33. The second-order valence-electron chi connectivity index (χ2n) is 3.03. The molecule has 0 unspecified atom stereocenters. The number of hydrogen-bond acceptors (Lipinski definition) is 4. The second-order valence-corrected chi connectivity index (χ2v) is 3.03. The Morgan fingerprint density at radius 3 is 3.00 bits per heavy atom. The number of aromatic nitrogens is 3. The maximum Gasteiger partial charge on any atom is 0.269 e. The first-order chi connectivity index (χ1) is 7.25. The maximum atomic E-state index is 10.5. The highest BCUT2D eigenvalue weighted by Crippen LogP contribution is 2.13. The smallest absolute Gasteiger partial charge is 0.258 e. The highest BCUT2D eigenvalue weighted by atomic mass is 16.6. The summed E-state index contributed by atoms with van der Waals surface area (Å²) in [5.41, 5.74) is 0.919. The van der Waals surface area contributed by atoms with Crippen molar-refractivity contribution in [2.45, 2.75) is 6.54 Å². The lowest BCUT2D eigenvalue weighted by Gasteiger charge is -2.00. The van der Waals surface area contributed by atoms with Crippen molar-refractivity contribution >= 4 is 5.69 Å². The summed E-state index contributed by atoms with van der Waals surface area (Å²) >= 11 is 0. The molecule has 0 fully saturated rings. The van der Waals surface area contributed by atoms with Crippen LogP contribution in [0.4, 0.5) is 5.69 Å². The van der Waals surface area contributed by atoms with Crippen LogP contribution in [-0.4, -0.2) is 19.9 Å². The van der Waals surface area contributed by atoms with Crippen LogP contribution in [0.15, 0.2) is 36.7 Å². The number of nitro benzene ring substituents is 1. The molecule has 0 saturated heterocycles. The fourth-order valence-corrected chi connectivity index (χ4v) is 1.27. The summed E-state index contributed by atoms with van der Waals surface area (Å²) in [7, 11) is 0. The predicted octanol–water partition coefficient (Wildman–Crippen LogP) is 1.23. The fraction of sp³-hybridized carbons (Fsp3) is 0.111. The van der Waals surface area contributed by atoms with Crippen LogP contribution < -0.4 is 0 Å². The van der Waals surface area contributed by atoms with Gasteiger partial charge < -0.3 is 0 Å². The zero-order valence-corrected chi connectivity index (χ0v) is 7.78. The van der Waals surface area contributed by atoms with E-state index in [4.69, 9.17) is 0 Å². The lowest BCUT2D eigenvalue weighted by Crippen LogP contribution is -2.01. The molecule has 6 heteroatoms. The minimum atomic E-state index is -0.412. The van der Waals surface area contributed by atoms with Crippen LogP contribution >= 0.6 is 0 Å². The summed E-state index contributed by atoms with van der Waals surface area (Å²) in [4.78, 5) is 10.1. The van der Waals surface area contributed by atoms with Crippen LogP contribution in [0, 0.1) is 10.1 Å². The Kier molecular flexibility index (Phi) is 2.40. The molecule has 76 valence electrons. The number of nitrogens with zero attached hydrogens (tertiary/aromatic N) is 4. The Balaban J connectivity index is 2.22. The van der Waals surface area contributed by atoms with Crippen LogP contribution in [0.3, 0.4) is 0 Å². The zero-order chi connectivity index (χ0) is 10.7. The van der Waals surface area contributed by atoms with Gasteiger partial charge in [-0.1, -0.05) is 17.3 Å². The van der Waals surface area contributed by atoms with Crippen molar-refractivity contribution in [1.82, 2.24) is 15.0 Å². The molecule has 0 N–H and O–H groups in total. The molecule has 0 aliphatic carbocycles. The normalized spacial score (nSPS) is 10.1. The summed E-state index contributed by atoms with van der Waals surface area (Å²) < 4.78 is 1.61. The molecule has 0 bridgehead atoms. The zero-order valence-electron chi connectivity index (χ0n) is 7.78. The summed E-state index contributed by atoms with van der Waals surface area (Å²) in [6.07, 6.45) is 3.27. The summed E-state index contributed by atoms with van der Waals surface area (Å²) in [5, 5.41) is 18.0. The number of hydrogen-bond donors (Lipinski definition) is 0. The van der Waals surface area contributed by atoms with Crippen molar-refractivity contribution < 1.29 is 4.92 Å². The Labute approximate surface area is 85.3 Å². The van der Waals surface area contributed by atoms with Gasteiger partial charge in [-0.15, -0.1) is 5.10 Å². The number of benzene rings is 1. The van der Waals surface area contributed by atoms with Crippen molar-refractivity contribution in [3.05, 3.63) is 52.3 Å². The van der Waals surface area contributed by atoms with Gasteiger partial charge in [-0.3, -0.25) is 10.1 Å². The maximum absolute atomic E-state index is 10.5. The molecule has 0 saturated carbocycles. The molecule has 0 aliphatic heterocycles. The van der Waals surface area contributed by atoms with E-state index in [0.29, 0.717) is 6.54 Å². The highest BCUT2D eigenvalue weighted by Gasteiger charge is 2.05. The van der Waals surface area contributed by atoms with Crippen LogP contribution in [0.2, 0.25) is 0 Å². The van der Waals surface area contributed by atoms with Crippen LogP contribution in [0.5, 0.6) is 0 Å². The van der Waals surface area contributed by atoms with E-state index in [1.807, 2.05) is 6.07 Å². The standard InChI is InChI=1S/C9H8N4O2/c14-13(15)9-3-1-2-8(6-9)7-12-5-4-10-11-12/h1-6H,7H2. The average molecular weight is 204 g/mol. The second kappa shape index (κ2) is 3.87. The van der Waals surface area contributed by atoms with Gasteiger partial charge in [0.25, 0.3) is 5.69 Å². The molecule has 15 heavy (non-hydrogen) atoms. The van der Waals surface area contributed by atoms with Gasteiger partial charge in [0, 0.05) is 18.3 Å². The topological polar surface area (TPSA) is 73.8 Å². The van der Waals surface area contributed by atoms with Crippen molar-refractivity contribution in [2.24, 2.45) is 0 Å². The van der Waals surface area contributed by atoms with Crippen molar-refractivity contribution in [1.29, 1.82) is 0 Å². The molecular formula is C9H8N4O2. The number of nitro groups is 1. The minimum absolute atomic E-state index is 0.0904. The molecule has 0 spiro atoms. The van der Waals surface area contributed by atoms with Gasteiger partial charge in [0.05, 0.1) is 17.7 Å². The van der Waals surface area contributed by atoms with Crippen molar-refractivity contribution in [2.75, 3.05) is 0 Å². The molecule has 0 amide bonds. The Bertz CT molecular complexity index is 467.